The second-order valence-corrected chi connectivity index (χ2v) is 5.24. The minimum Gasteiger partial charge on any atom is -0.309 e. The Morgan fingerprint density at radius 2 is 2.12 bits per heavy atom. The van der Waals surface area contributed by atoms with E-state index in [1.165, 1.54) is 49.9 Å². The fourth-order valence-electron chi connectivity index (χ4n) is 2.79. The van der Waals surface area contributed by atoms with Gasteiger partial charge in [-0.1, -0.05) is 6.42 Å². The summed E-state index contributed by atoms with van der Waals surface area (Å²) < 4.78 is 2.26. The predicted molar refractivity (Wildman–Crippen MR) is 64.4 cm³/mol. The van der Waals surface area contributed by atoms with Crippen LogP contribution in [0.5, 0.6) is 0 Å². The van der Waals surface area contributed by atoms with Crippen molar-refractivity contribution in [1.82, 2.24) is 15.1 Å². The van der Waals surface area contributed by atoms with E-state index in [9.17, 15) is 0 Å². The van der Waals surface area contributed by atoms with Crippen LogP contribution in [0.1, 0.15) is 62.0 Å². The van der Waals surface area contributed by atoms with Gasteiger partial charge in [0.1, 0.15) is 0 Å². The van der Waals surface area contributed by atoms with Gasteiger partial charge in [0.2, 0.25) is 0 Å². The fourth-order valence-corrected chi connectivity index (χ4v) is 2.79. The zero-order chi connectivity index (χ0) is 11.0. The van der Waals surface area contributed by atoms with E-state index in [1.54, 1.807) is 0 Å². The summed E-state index contributed by atoms with van der Waals surface area (Å²) in [6.45, 7) is 3.34. The Morgan fingerprint density at radius 3 is 2.75 bits per heavy atom. The van der Waals surface area contributed by atoms with Crippen LogP contribution in [0.25, 0.3) is 0 Å². The second kappa shape index (κ2) is 4.21. The van der Waals surface area contributed by atoms with E-state index < -0.39 is 0 Å². The Labute approximate surface area is 97.2 Å². The molecule has 0 amide bonds. The highest BCUT2D eigenvalue weighted by Crippen LogP contribution is 2.33. The Hall–Kier alpha value is -0.830. The van der Waals surface area contributed by atoms with Crippen LogP contribution in [0.15, 0.2) is 6.07 Å². The van der Waals surface area contributed by atoms with E-state index >= 15 is 0 Å². The van der Waals surface area contributed by atoms with Gasteiger partial charge >= 0.3 is 0 Å². The number of hydrogen-bond acceptors (Lipinski definition) is 2. The monoisotopic (exact) mass is 219 g/mol. The molecule has 0 unspecified atom stereocenters. The van der Waals surface area contributed by atoms with E-state index in [2.05, 4.69) is 23.0 Å². The summed E-state index contributed by atoms with van der Waals surface area (Å²) in [4.78, 5) is 0. The number of aromatic nitrogens is 2. The molecule has 0 aromatic carbocycles. The lowest BCUT2D eigenvalue weighted by molar-refractivity contribution is 0.281. The van der Waals surface area contributed by atoms with Crippen molar-refractivity contribution in [2.24, 2.45) is 0 Å². The molecular weight excluding hydrogens is 198 g/mol. The third-order valence-electron chi connectivity index (χ3n) is 4.03. The summed E-state index contributed by atoms with van der Waals surface area (Å²) in [5, 5.41) is 8.38. The summed E-state index contributed by atoms with van der Waals surface area (Å²) in [5.74, 6) is 0. The fraction of sp³-hybridized carbons (Fsp3) is 0.769. The van der Waals surface area contributed by atoms with Crippen LogP contribution >= 0.6 is 0 Å². The van der Waals surface area contributed by atoms with Crippen LogP contribution in [-0.4, -0.2) is 16.3 Å². The third kappa shape index (κ3) is 1.77. The van der Waals surface area contributed by atoms with Crippen molar-refractivity contribution in [3.63, 3.8) is 0 Å². The lowest BCUT2D eigenvalue weighted by Gasteiger charge is -2.27. The lowest BCUT2D eigenvalue weighted by Crippen LogP contribution is -2.27. The van der Waals surface area contributed by atoms with Crippen LogP contribution in [-0.2, 0) is 0 Å². The summed E-state index contributed by atoms with van der Waals surface area (Å²) in [7, 11) is 0. The molecule has 1 aromatic heterocycles. The van der Waals surface area contributed by atoms with E-state index in [4.69, 9.17) is 5.10 Å². The quantitative estimate of drug-likeness (QED) is 0.829. The molecule has 3 rings (SSSR count). The minimum absolute atomic E-state index is 0.508. The molecule has 88 valence electrons. The summed E-state index contributed by atoms with van der Waals surface area (Å²) in [5.41, 5.74) is 2.61. The average molecular weight is 219 g/mol. The third-order valence-corrected chi connectivity index (χ3v) is 4.03. The Morgan fingerprint density at radius 1 is 1.25 bits per heavy atom. The first-order chi connectivity index (χ1) is 7.84. The van der Waals surface area contributed by atoms with Gasteiger partial charge in [-0.2, -0.15) is 5.10 Å². The Kier molecular flexibility index (Phi) is 2.72. The van der Waals surface area contributed by atoms with Gasteiger partial charge in [0.05, 0.1) is 17.8 Å². The highest BCUT2D eigenvalue weighted by molar-refractivity contribution is 5.14. The molecule has 16 heavy (non-hydrogen) atoms. The number of hydrogen-bond donors (Lipinski definition) is 1. The highest BCUT2D eigenvalue weighted by Gasteiger charge is 2.24. The molecule has 1 N–H and O–H groups in total. The number of aryl methyl sites for hydroxylation is 1. The zero-order valence-corrected chi connectivity index (χ0v) is 10.1. The van der Waals surface area contributed by atoms with E-state index in [-0.39, 0.29) is 0 Å². The standard InChI is InChI=1S/C13H21N3/c1-10-9-13(12-7-2-3-8-14-12)15-16(10)11-5-4-6-11/h9,11-12,14H,2-8H2,1H3/t12-/m1/s1. The van der Waals surface area contributed by atoms with Gasteiger partial charge in [0.25, 0.3) is 0 Å². The summed E-state index contributed by atoms with van der Waals surface area (Å²) >= 11 is 0. The molecule has 0 bridgehead atoms. The topological polar surface area (TPSA) is 29.9 Å². The van der Waals surface area contributed by atoms with Gasteiger partial charge in [0.15, 0.2) is 0 Å². The van der Waals surface area contributed by atoms with E-state index in [0.29, 0.717) is 12.1 Å². The summed E-state index contributed by atoms with van der Waals surface area (Å²) in [6.07, 6.45) is 7.92. The molecular formula is C13H21N3. The molecule has 1 aliphatic carbocycles. The first kappa shape index (κ1) is 10.3. The predicted octanol–water partition coefficient (Wildman–Crippen LogP) is 2.73. The first-order valence-corrected chi connectivity index (χ1v) is 6.64. The molecule has 2 aliphatic rings. The molecule has 3 heteroatoms. The van der Waals surface area contributed by atoms with E-state index in [0.717, 1.165) is 6.54 Å². The van der Waals surface area contributed by atoms with Crippen molar-refractivity contribution in [3.8, 4) is 0 Å². The average Bonchev–Trinajstić information content (AvgIpc) is 2.60. The Balaban J connectivity index is 1.79. The first-order valence-electron chi connectivity index (χ1n) is 6.64. The smallest absolute Gasteiger partial charge is 0.0796 e. The van der Waals surface area contributed by atoms with E-state index in [1.807, 2.05) is 0 Å². The van der Waals surface area contributed by atoms with Crippen LogP contribution in [0.3, 0.4) is 0 Å². The lowest BCUT2D eigenvalue weighted by atomic mass is 9.93. The zero-order valence-electron chi connectivity index (χ0n) is 10.1. The van der Waals surface area contributed by atoms with Gasteiger partial charge in [0, 0.05) is 5.69 Å². The maximum Gasteiger partial charge on any atom is 0.0796 e. The molecule has 1 aliphatic heterocycles. The SMILES string of the molecule is Cc1cc([C@H]2CCCCN2)nn1C1CCC1. The largest absolute Gasteiger partial charge is 0.309 e. The summed E-state index contributed by atoms with van der Waals surface area (Å²) in [6, 6.07) is 3.48. The Bertz CT molecular complexity index is 359. The van der Waals surface area contributed by atoms with Crippen molar-refractivity contribution in [2.75, 3.05) is 6.54 Å². The van der Waals surface area contributed by atoms with Crippen LogP contribution in [0, 0.1) is 6.92 Å². The molecule has 0 radical (unpaired) electrons. The van der Waals surface area contributed by atoms with Gasteiger partial charge < -0.3 is 5.32 Å². The second-order valence-electron chi connectivity index (χ2n) is 5.24. The minimum atomic E-state index is 0.508. The van der Waals surface area contributed by atoms with Crippen molar-refractivity contribution < 1.29 is 0 Å². The number of rotatable bonds is 2. The van der Waals surface area contributed by atoms with Gasteiger partial charge in [-0.15, -0.1) is 0 Å². The van der Waals surface area contributed by atoms with Gasteiger partial charge in [-0.05, 0) is 51.6 Å². The van der Waals surface area contributed by atoms with Crippen molar-refractivity contribution in [3.05, 3.63) is 17.5 Å². The molecule has 0 spiro atoms. The molecule has 1 saturated carbocycles. The molecule has 2 heterocycles. The number of nitrogens with zero attached hydrogens (tertiary/aromatic N) is 2. The van der Waals surface area contributed by atoms with Crippen molar-refractivity contribution >= 4 is 0 Å². The van der Waals surface area contributed by atoms with Crippen LogP contribution in [0.4, 0.5) is 0 Å². The molecule has 1 atom stereocenters. The molecule has 1 aromatic rings. The van der Waals surface area contributed by atoms with Crippen LogP contribution in [0.2, 0.25) is 0 Å². The maximum absolute atomic E-state index is 4.81. The van der Waals surface area contributed by atoms with Crippen molar-refractivity contribution in [1.29, 1.82) is 0 Å². The normalized spacial score (nSPS) is 26.7. The molecule has 2 fully saturated rings. The highest BCUT2D eigenvalue weighted by atomic mass is 15.3. The maximum atomic E-state index is 4.81. The van der Waals surface area contributed by atoms with Crippen molar-refractivity contribution in [2.45, 2.75) is 57.5 Å². The molecule has 1 saturated heterocycles. The van der Waals surface area contributed by atoms with Gasteiger partial charge in [-0.3, -0.25) is 4.68 Å². The molecule has 3 nitrogen and oxygen atoms in total. The van der Waals surface area contributed by atoms with Crippen LogP contribution < -0.4 is 5.32 Å². The number of piperidine rings is 1. The van der Waals surface area contributed by atoms with Gasteiger partial charge in [-0.25, -0.2) is 0 Å². The number of nitrogens with one attached hydrogen (secondary N) is 1.